The van der Waals surface area contributed by atoms with Gasteiger partial charge in [0, 0.05) is 6.54 Å². The minimum atomic E-state index is -1.55. The number of aliphatic hydroxyl groups excluding tert-OH is 1. The summed E-state index contributed by atoms with van der Waals surface area (Å²) in [5.74, 6) is -3.70. The Bertz CT molecular complexity index is 699. The zero-order chi connectivity index (χ0) is 26.3. The number of guanidine groups is 1. The highest BCUT2D eigenvalue weighted by Crippen LogP contribution is 2.07. The van der Waals surface area contributed by atoms with Crippen LogP contribution < -0.4 is 38.9 Å². The van der Waals surface area contributed by atoms with E-state index >= 15 is 0 Å². The van der Waals surface area contributed by atoms with Crippen LogP contribution in [-0.4, -0.2) is 83.7 Å². The highest BCUT2D eigenvalue weighted by molar-refractivity contribution is 5.94. The van der Waals surface area contributed by atoms with Crippen molar-refractivity contribution in [1.29, 1.82) is 0 Å². The quantitative estimate of drug-likeness (QED) is 0.0558. The lowest BCUT2D eigenvalue weighted by Gasteiger charge is -2.25. The number of rotatable bonds is 17. The van der Waals surface area contributed by atoms with Crippen LogP contribution in [0.25, 0.3) is 0 Å². The maximum absolute atomic E-state index is 13.0. The molecule has 0 aromatic rings. The normalized spacial score (nSPS) is 14.4. The van der Waals surface area contributed by atoms with E-state index in [1.807, 2.05) is 0 Å². The third-order valence-electron chi connectivity index (χ3n) is 4.98. The second kappa shape index (κ2) is 16.6. The molecule has 4 atom stereocenters. The lowest BCUT2D eigenvalue weighted by Crippen LogP contribution is -2.57. The number of nitrogens with zero attached hydrogens (tertiary/aromatic N) is 1. The number of aliphatic imine (C=N–C) groups is 1. The van der Waals surface area contributed by atoms with E-state index in [0.29, 0.717) is 19.4 Å². The molecule has 0 bridgehead atoms. The van der Waals surface area contributed by atoms with Crippen molar-refractivity contribution in [3.63, 3.8) is 0 Å². The van der Waals surface area contributed by atoms with Crippen LogP contribution in [0.1, 0.15) is 46.0 Å². The van der Waals surface area contributed by atoms with E-state index in [9.17, 15) is 24.3 Å². The van der Waals surface area contributed by atoms with Gasteiger partial charge in [0.25, 0.3) is 0 Å². The number of hydrogen-bond acceptors (Lipinski definition) is 8. The average Bonchev–Trinajstić information content (AvgIpc) is 2.77. The van der Waals surface area contributed by atoms with Crippen molar-refractivity contribution >= 4 is 29.7 Å². The first-order valence-electron chi connectivity index (χ1n) is 11.2. The molecule has 13 N–H and O–H groups in total. The average molecular weight is 489 g/mol. The van der Waals surface area contributed by atoms with Crippen LogP contribution in [-0.2, 0) is 19.2 Å². The molecular formula is C20H40N8O6. The number of aliphatic hydroxyl groups is 1. The van der Waals surface area contributed by atoms with Crippen molar-refractivity contribution in [3.8, 4) is 0 Å². The molecule has 0 aliphatic rings. The second-order valence-electron chi connectivity index (χ2n) is 8.21. The largest absolute Gasteiger partial charge is 0.480 e. The van der Waals surface area contributed by atoms with Gasteiger partial charge in [-0.3, -0.25) is 19.4 Å². The molecule has 14 nitrogen and oxygen atoms in total. The van der Waals surface area contributed by atoms with E-state index in [1.165, 1.54) is 0 Å². The van der Waals surface area contributed by atoms with Crippen LogP contribution in [0.4, 0.5) is 0 Å². The van der Waals surface area contributed by atoms with Crippen LogP contribution in [0.3, 0.4) is 0 Å². The van der Waals surface area contributed by atoms with Gasteiger partial charge in [-0.05, 0) is 44.6 Å². The van der Waals surface area contributed by atoms with E-state index in [4.69, 9.17) is 28.0 Å². The van der Waals surface area contributed by atoms with E-state index in [2.05, 4.69) is 20.9 Å². The van der Waals surface area contributed by atoms with Gasteiger partial charge in [0.2, 0.25) is 17.7 Å². The SMILES string of the molecule is CC(C)C(N)C(=O)NC(CCCCN)C(=O)NC(CCCN=C(N)N)C(=O)NC(CO)C(=O)O. The summed E-state index contributed by atoms with van der Waals surface area (Å²) in [4.78, 5) is 53.1. The number of nitrogens with two attached hydrogens (primary N) is 4. The molecule has 0 radical (unpaired) electrons. The first-order chi connectivity index (χ1) is 15.9. The Morgan fingerprint density at radius 2 is 1.35 bits per heavy atom. The van der Waals surface area contributed by atoms with Gasteiger partial charge in [-0.2, -0.15) is 0 Å². The highest BCUT2D eigenvalue weighted by atomic mass is 16.4. The van der Waals surface area contributed by atoms with Gasteiger partial charge in [0.15, 0.2) is 5.96 Å². The van der Waals surface area contributed by atoms with Crippen LogP contribution >= 0.6 is 0 Å². The standard InChI is InChI=1S/C20H40N8O6/c1-11(2)15(22)18(32)27-12(6-3-4-8-21)16(30)26-13(7-5-9-25-20(23)24)17(31)28-14(10-29)19(33)34/h11-15,29H,3-10,21-22H2,1-2H3,(H,26,30)(H,27,32)(H,28,31)(H,33,34)(H4,23,24,25). The van der Waals surface area contributed by atoms with Gasteiger partial charge in [-0.1, -0.05) is 13.8 Å². The number of carbonyl (C=O) groups is 4. The third kappa shape index (κ3) is 12.3. The molecule has 0 fully saturated rings. The summed E-state index contributed by atoms with van der Waals surface area (Å²) in [6.45, 7) is 3.28. The molecule has 0 saturated carbocycles. The molecule has 0 rings (SSSR count). The van der Waals surface area contributed by atoms with E-state index in [1.54, 1.807) is 13.8 Å². The molecule has 0 spiro atoms. The second-order valence-corrected chi connectivity index (χ2v) is 8.21. The first kappa shape index (κ1) is 31.0. The predicted molar refractivity (Wildman–Crippen MR) is 126 cm³/mol. The number of carboxylic acids is 1. The van der Waals surface area contributed by atoms with Crippen LogP contribution in [0.5, 0.6) is 0 Å². The molecule has 0 aromatic heterocycles. The van der Waals surface area contributed by atoms with Gasteiger partial charge in [-0.25, -0.2) is 4.79 Å². The molecule has 0 aromatic carbocycles. The Morgan fingerprint density at radius 1 is 0.853 bits per heavy atom. The Labute approximate surface area is 199 Å². The Balaban J connectivity index is 5.52. The summed E-state index contributed by atoms with van der Waals surface area (Å²) in [6.07, 6.45) is 1.78. The lowest BCUT2D eigenvalue weighted by molar-refractivity contribution is -0.143. The van der Waals surface area contributed by atoms with E-state index in [-0.39, 0.29) is 37.7 Å². The van der Waals surface area contributed by atoms with Crippen molar-refractivity contribution < 1.29 is 29.4 Å². The van der Waals surface area contributed by atoms with Gasteiger partial charge < -0.3 is 49.1 Å². The highest BCUT2D eigenvalue weighted by Gasteiger charge is 2.30. The van der Waals surface area contributed by atoms with Gasteiger partial charge >= 0.3 is 5.97 Å². The minimum absolute atomic E-state index is 0.0705. The van der Waals surface area contributed by atoms with E-state index < -0.39 is 54.5 Å². The minimum Gasteiger partial charge on any atom is -0.480 e. The van der Waals surface area contributed by atoms with Crippen molar-refractivity contribution in [2.24, 2.45) is 33.8 Å². The van der Waals surface area contributed by atoms with Crippen LogP contribution in [0, 0.1) is 5.92 Å². The fourth-order valence-corrected chi connectivity index (χ4v) is 2.83. The zero-order valence-electron chi connectivity index (χ0n) is 19.8. The van der Waals surface area contributed by atoms with Crippen LogP contribution in [0.2, 0.25) is 0 Å². The summed E-state index contributed by atoms with van der Waals surface area (Å²) in [5, 5.41) is 25.6. The molecular weight excluding hydrogens is 448 g/mol. The number of carbonyl (C=O) groups excluding carboxylic acids is 3. The van der Waals surface area contributed by atoms with Gasteiger partial charge in [-0.15, -0.1) is 0 Å². The summed E-state index contributed by atoms with van der Waals surface area (Å²) in [7, 11) is 0. The Morgan fingerprint density at radius 3 is 1.79 bits per heavy atom. The zero-order valence-corrected chi connectivity index (χ0v) is 19.8. The number of hydrogen-bond donors (Lipinski definition) is 9. The lowest BCUT2D eigenvalue weighted by atomic mass is 10.0. The number of aliphatic carboxylic acids is 1. The van der Waals surface area contributed by atoms with Crippen molar-refractivity contribution in [3.05, 3.63) is 0 Å². The number of nitrogens with one attached hydrogen (secondary N) is 3. The van der Waals surface area contributed by atoms with Crippen molar-refractivity contribution in [1.82, 2.24) is 16.0 Å². The fourth-order valence-electron chi connectivity index (χ4n) is 2.83. The first-order valence-corrected chi connectivity index (χ1v) is 11.2. The van der Waals surface area contributed by atoms with E-state index in [0.717, 1.165) is 0 Å². The smallest absolute Gasteiger partial charge is 0.328 e. The molecule has 0 aliphatic heterocycles. The van der Waals surface area contributed by atoms with Gasteiger partial charge in [0.1, 0.15) is 18.1 Å². The Hall–Kier alpha value is -2.97. The molecule has 0 saturated heterocycles. The molecule has 14 heteroatoms. The molecule has 0 heterocycles. The molecule has 34 heavy (non-hydrogen) atoms. The van der Waals surface area contributed by atoms with Crippen molar-refractivity contribution in [2.45, 2.75) is 70.1 Å². The maximum atomic E-state index is 13.0. The number of carboxylic acid groups (broad SMARTS) is 1. The molecule has 4 unspecified atom stereocenters. The number of amides is 3. The number of unbranched alkanes of at least 4 members (excludes halogenated alkanes) is 1. The summed E-state index contributed by atoms with van der Waals surface area (Å²) >= 11 is 0. The van der Waals surface area contributed by atoms with Crippen LogP contribution in [0.15, 0.2) is 4.99 Å². The molecule has 3 amide bonds. The molecule has 196 valence electrons. The summed E-state index contributed by atoms with van der Waals surface area (Å²) in [5.41, 5.74) is 22.0. The summed E-state index contributed by atoms with van der Waals surface area (Å²) < 4.78 is 0. The topological polar surface area (TPSA) is 261 Å². The predicted octanol–water partition coefficient (Wildman–Crippen LogP) is -3.32. The fraction of sp³-hybridized carbons (Fsp3) is 0.750. The van der Waals surface area contributed by atoms with Gasteiger partial charge in [0.05, 0.1) is 12.6 Å². The Kier molecular flexibility index (Phi) is 15.2. The van der Waals surface area contributed by atoms with Crippen molar-refractivity contribution in [2.75, 3.05) is 19.7 Å². The third-order valence-corrected chi connectivity index (χ3v) is 4.98. The maximum Gasteiger partial charge on any atom is 0.328 e. The molecule has 0 aliphatic carbocycles. The summed E-state index contributed by atoms with van der Waals surface area (Å²) in [6, 6.07) is -4.52. The monoisotopic (exact) mass is 488 g/mol.